The van der Waals surface area contributed by atoms with Gasteiger partial charge < -0.3 is 4.74 Å². The second-order valence-electron chi connectivity index (χ2n) is 5.94. The van der Waals surface area contributed by atoms with Gasteiger partial charge in [0.15, 0.2) is 6.04 Å². The number of ether oxygens (including phenoxy) is 1. The average Bonchev–Trinajstić information content (AvgIpc) is 2.93. The summed E-state index contributed by atoms with van der Waals surface area (Å²) in [4.78, 5) is 29.0. The van der Waals surface area contributed by atoms with Crippen LogP contribution in [0.5, 0.6) is 0 Å². The fourth-order valence-corrected chi connectivity index (χ4v) is 3.03. The van der Waals surface area contributed by atoms with Gasteiger partial charge in [-0.3, -0.25) is 5.32 Å². The van der Waals surface area contributed by atoms with Crippen LogP contribution in [0.1, 0.15) is 44.3 Å². The minimum Gasteiger partial charge on any atom is -0.465 e. The van der Waals surface area contributed by atoms with Crippen LogP contribution in [-0.2, 0) is 16.1 Å². The van der Waals surface area contributed by atoms with Gasteiger partial charge in [-0.2, -0.15) is 0 Å². The lowest BCUT2D eigenvalue weighted by molar-refractivity contribution is -0.817. The number of methoxy groups -OCH3 is 1. The molecule has 0 fully saturated rings. The monoisotopic (exact) mass is 328 g/mol. The Bertz CT molecular complexity index is 514. The number of rotatable bonds is 6. The molecule has 1 aromatic heterocycles. The van der Waals surface area contributed by atoms with Crippen LogP contribution < -0.4 is 10.2 Å². The molecule has 22 heavy (non-hydrogen) atoms. The second-order valence-corrected chi connectivity index (χ2v) is 6.83. The van der Waals surface area contributed by atoms with Gasteiger partial charge in [-0.05, 0) is 0 Å². The van der Waals surface area contributed by atoms with Gasteiger partial charge in [0, 0.05) is 17.2 Å². The van der Waals surface area contributed by atoms with Crippen molar-refractivity contribution in [2.75, 3.05) is 14.2 Å². The predicted octanol–water partition coefficient (Wildman–Crippen LogP) is 1.19. The summed E-state index contributed by atoms with van der Waals surface area (Å²) >= 11 is 1.59. The Balaban J connectivity index is 2.64. The molecule has 0 aliphatic heterocycles. The Hall–Kier alpha value is -1.47. The Labute approximate surface area is 135 Å². The highest BCUT2D eigenvalue weighted by Crippen LogP contribution is 2.18. The van der Waals surface area contributed by atoms with Crippen LogP contribution in [0, 0.1) is 5.92 Å². The number of nitrogens with zero attached hydrogens (tertiary/aromatic N) is 1. The summed E-state index contributed by atoms with van der Waals surface area (Å²) in [5, 5.41) is 5.83. The zero-order chi connectivity index (χ0) is 16.9. The van der Waals surface area contributed by atoms with Gasteiger partial charge >= 0.3 is 12.0 Å². The molecule has 7 heteroatoms. The van der Waals surface area contributed by atoms with Crippen molar-refractivity contribution in [1.29, 1.82) is 0 Å². The van der Waals surface area contributed by atoms with Crippen LogP contribution in [0.15, 0.2) is 5.38 Å². The molecule has 2 atom stereocenters. The molecular weight excluding hydrogens is 302 g/mol. The van der Waals surface area contributed by atoms with Crippen LogP contribution in [0.4, 0.5) is 4.79 Å². The SMILES string of the molecule is COC(=O)C(C(C)C)[NH+](C)C(=O)NCc1csc(C(C)C)n1. The highest BCUT2D eigenvalue weighted by atomic mass is 32.1. The van der Waals surface area contributed by atoms with E-state index < -0.39 is 6.04 Å². The van der Waals surface area contributed by atoms with Crippen molar-refractivity contribution >= 4 is 23.3 Å². The van der Waals surface area contributed by atoms with E-state index in [4.69, 9.17) is 4.74 Å². The Morgan fingerprint density at radius 2 is 2.00 bits per heavy atom. The molecule has 1 aromatic rings. The number of carbonyl (C=O) groups is 2. The maximum absolute atomic E-state index is 12.2. The number of urea groups is 1. The van der Waals surface area contributed by atoms with Crippen LogP contribution in [0.25, 0.3) is 0 Å². The van der Waals surface area contributed by atoms with Gasteiger partial charge in [0.05, 0.1) is 31.4 Å². The number of thiazole rings is 1. The standard InChI is InChI=1S/C15H25N3O3S/c1-9(2)12(14(19)21-6)18(5)15(20)16-7-11-8-22-13(17-11)10(3)4/h8-10,12H,7H2,1-6H3,(H,16,20)/p+1. The van der Waals surface area contributed by atoms with Crippen molar-refractivity contribution in [1.82, 2.24) is 10.3 Å². The summed E-state index contributed by atoms with van der Waals surface area (Å²) in [6.45, 7) is 8.33. The Kier molecular flexibility index (Phi) is 6.96. The molecule has 6 nitrogen and oxygen atoms in total. The largest absolute Gasteiger partial charge is 0.465 e. The van der Waals surface area contributed by atoms with Gasteiger partial charge in [-0.25, -0.2) is 19.5 Å². The van der Waals surface area contributed by atoms with Crippen LogP contribution in [0.3, 0.4) is 0 Å². The van der Waals surface area contributed by atoms with Gasteiger partial charge in [0.1, 0.15) is 0 Å². The number of amides is 2. The summed E-state index contributed by atoms with van der Waals surface area (Å²) < 4.78 is 4.79. The van der Waals surface area contributed by atoms with Gasteiger partial charge in [0.25, 0.3) is 0 Å². The van der Waals surface area contributed by atoms with Crippen molar-refractivity contribution in [3.8, 4) is 0 Å². The highest BCUT2D eigenvalue weighted by Gasteiger charge is 2.35. The number of esters is 1. The maximum Gasteiger partial charge on any atom is 0.415 e. The first-order valence-corrected chi connectivity index (χ1v) is 8.29. The van der Waals surface area contributed by atoms with E-state index >= 15 is 0 Å². The molecule has 1 heterocycles. The van der Waals surface area contributed by atoms with Gasteiger partial charge in [-0.1, -0.05) is 27.7 Å². The topological polar surface area (TPSA) is 72.7 Å². The van der Waals surface area contributed by atoms with Crippen molar-refractivity contribution in [3.05, 3.63) is 16.1 Å². The van der Waals surface area contributed by atoms with Gasteiger partial charge in [0.2, 0.25) is 0 Å². The number of aromatic nitrogens is 1. The fourth-order valence-electron chi connectivity index (χ4n) is 2.20. The normalized spacial score (nSPS) is 14.0. The van der Waals surface area contributed by atoms with Crippen LogP contribution in [0.2, 0.25) is 0 Å². The zero-order valence-electron chi connectivity index (χ0n) is 14.1. The molecule has 1 rings (SSSR count). The molecule has 0 saturated heterocycles. The smallest absolute Gasteiger partial charge is 0.415 e. The molecular formula is C15H26N3O3S+. The molecule has 0 aromatic carbocycles. The summed E-state index contributed by atoms with van der Waals surface area (Å²) in [5.41, 5.74) is 0.842. The first kappa shape index (κ1) is 18.6. The van der Waals surface area contributed by atoms with Crippen LogP contribution >= 0.6 is 11.3 Å². The van der Waals surface area contributed by atoms with E-state index in [1.54, 1.807) is 18.4 Å². The molecule has 0 radical (unpaired) electrons. The lowest BCUT2D eigenvalue weighted by atomic mass is 10.0. The first-order valence-electron chi connectivity index (χ1n) is 7.41. The summed E-state index contributed by atoms with van der Waals surface area (Å²) in [6.07, 6.45) is 0. The predicted molar refractivity (Wildman–Crippen MR) is 86.0 cm³/mol. The minimum atomic E-state index is -0.522. The van der Waals surface area contributed by atoms with E-state index in [2.05, 4.69) is 24.1 Å². The third-order valence-electron chi connectivity index (χ3n) is 3.44. The molecule has 0 aliphatic carbocycles. The Morgan fingerprint density at radius 3 is 2.45 bits per heavy atom. The van der Waals surface area contributed by atoms with Gasteiger partial charge in [-0.15, -0.1) is 11.3 Å². The van der Waals surface area contributed by atoms with Crippen molar-refractivity contribution in [2.24, 2.45) is 5.92 Å². The van der Waals surface area contributed by atoms with Crippen molar-refractivity contribution in [3.63, 3.8) is 0 Å². The maximum atomic E-state index is 12.2. The van der Waals surface area contributed by atoms with Crippen molar-refractivity contribution < 1.29 is 19.2 Å². The Morgan fingerprint density at radius 1 is 1.36 bits per heavy atom. The second kappa shape index (κ2) is 8.24. The minimum absolute atomic E-state index is 0.00464. The van der Waals surface area contributed by atoms with E-state index in [1.165, 1.54) is 7.11 Å². The molecule has 2 N–H and O–H groups in total. The highest BCUT2D eigenvalue weighted by molar-refractivity contribution is 7.09. The van der Waals surface area contributed by atoms with E-state index in [1.807, 2.05) is 19.2 Å². The number of hydrogen-bond donors (Lipinski definition) is 2. The third-order valence-corrected chi connectivity index (χ3v) is 4.63. The fraction of sp³-hybridized carbons (Fsp3) is 0.667. The average molecular weight is 328 g/mol. The molecule has 0 saturated carbocycles. The molecule has 124 valence electrons. The summed E-state index contributed by atoms with van der Waals surface area (Å²) in [7, 11) is 3.02. The summed E-state index contributed by atoms with van der Waals surface area (Å²) in [5.74, 6) is 0.0100. The number of carbonyl (C=O) groups excluding carboxylic acids is 2. The molecule has 0 bridgehead atoms. The summed E-state index contributed by atoms with van der Waals surface area (Å²) in [6, 6.07) is -0.755. The molecule has 2 unspecified atom stereocenters. The van der Waals surface area contributed by atoms with E-state index in [9.17, 15) is 9.59 Å². The number of nitrogens with one attached hydrogen (secondary N) is 2. The number of quaternary nitrogens is 1. The quantitative estimate of drug-likeness (QED) is 0.770. The lowest BCUT2D eigenvalue weighted by Crippen LogP contribution is -3.18. The molecule has 0 aliphatic rings. The lowest BCUT2D eigenvalue weighted by Gasteiger charge is -2.23. The number of likely N-dealkylation sites (N-methyl/N-ethyl adjacent to an activating group) is 1. The third kappa shape index (κ3) is 4.78. The zero-order valence-corrected chi connectivity index (χ0v) is 14.9. The van der Waals surface area contributed by atoms with E-state index in [0.717, 1.165) is 10.7 Å². The molecule has 0 spiro atoms. The molecule has 2 amide bonds. The van der Waals surface area contributed by atoms with E-state index in [0.29, 0.717) is 17.4 Å². The van der Waals surface area contributed by atoms with E-state index in [-0.39, 0.29) is 17.9 Å². The van der Waals surface area contributed by atoms with Crippen molar-refractivity contribution in [2.45, 2.75) is 46.2 Å². The van der Waals surface area contributed by atoms with Crippen LogP contribution in [-0.4, -0.2) is 37.2 Å². The first-order chi connectivity index (χ1) is 10.3. The number of hydrogen-bond acceptors (Lipinski definition) is 5.